The van der Waals surface area contributed by atoms with Crippen LogP contribution >= 0.6 is 17.2 Å². The zero-order valence-corrected chi connectivity index (χ0v) is 11.5. The van der Waals surface area contributed by atoms with Gasteiger partial charge in [0.1, 0.15) is 0 Å². The molecule has 0 aliphatic rings. The molecule has 0 nitrogen and oxygen atoms in total. The molecule has 0 heterocycles. The Labute approximate surface area is 83.9 Å². The normalized spacial score (nSPS) is 7.50. The third-order valence-electron chi connectivity index (χ3n) is 0.894. The molecule has 0 aromatic heterocycles. The van der Waals surface area contributed by atoms with Crippen LogP contribution in [0.5, 0.6) is 0 Å². The molecular weight excluding hydrogens is 182 g/mol. The average Bonchev–Trinajstić information content (AvgIpc) is 2.12. The van der Waals surface area contributed by atoms with Gasteiger partial charge in [0.05, 0.1) is 0 Å². The quantitative estimate of drug-likeness (QED) is 0.572. The molecule has 0 rings (SSSR count). The van der Waals surface area contributed by atoms with Crippen molar-refractivity contribution in [1.29, 1.82) is 0 Å². The van der Waals surface area contributed by atoms with Gasteiger partial charge in [0, 0.05) is 0 Å². The highest BCUT2D eigenvalue weighted by Crippen LogP contribution is 2.04. The Hall–Kier alpha value is 0.860. The van der Waals surface area contributed by atoms with Crippen molar-refractivity contribution in [3.8, 4) is 0 Å². The predicted octanol–water partition coefficient (Wildman–Crippen LogP) is 4.97. The number of hydrogen-bond acceptors (Lipinski definition) is 0. The molecule has 0 fully saturated rings. The van der Waals surface area contributed by atoms with Gasteiger partial charge < -0.3 is 0 Å². The van der Waals surface area contributed by atoms with Gasteiger partial charge >= 0.3 is 0 Å². The lowest BCUT2D eigenvalue weighted by Gasteiger charge is -1.78. The van der Waals surface area contributed by atoms with Crippen LogP contribution in [0.2, 0.25) is 0 Å². The van der Waals surface area contributed by atoms with E-state index in [-0.39, 0.29) is 0 Å². The van der Waals surface area contributed by atoms with Crippen molar-refractivity contribution in [2.45, 2.75) is 41.5 Å². The van der Waals surface area contributed by atoms with E-state index in [4.69, 9.17) is 0 Å². The maximum Gasteiger partial charge on any atom is -0.0316 e. The summed E-state index contributed by atoms with van der Waals surface area (Å²) in [6, 6.07) is 0. The van der Waals surface area contributed by atoms with Gasteiger partial charge in [0.2, 0.25) is 0 Å². The molecule has 0 atom stereocenters. The van der Waals surface area contributed by atoms with E-state index in [1.807, 2.05) is 13.8 Å². The van der Waals surface area contributed by atoms with E-state index in [1.54, 1.807) is 17.2 Å². The minimum atomic E-state index is 1.32. The highest BCUT2D eigenvalue weighted by Gasteiger charge is 1.69. The molecule has 0 aromatic carbocycles. The number of rotatable bonds is 4. The van der Waals surface area contributed by atoms with Crippen LogP contribution in [0, 0.1) is 0 Å². The van der Waals surface area contributed by atoms with E-state index in [0.717, 1.165) is 0 Å². The highest BCUT2D eigenvalue weighted by molar-refractivity contribution is 7.38. The van der Waals surface area contributed by atoms with Crippen LogP contribution in [0.3, 0.4) is 0 Å². The lowest BCUT2D eigenvalue weighted by Crippen LogP contribution is -1.59. The Morgan fingerprint density at radius 1 is 0.583 bits per heavy atom. The molecule has 0 aliphatic carbocycles. The van der Waals surface area contributed by atoms with Crippen LogP contribution in [0.15, 0.2) is 0 Å². The largest absolute Gasteiger partial charge is 0.0816 e. The van der Waals surface area contributed by atoms with E-state index in [1.165, 1.54) is 24.6 Å². The summed E-state index contributed by atoms with van der Waals surface area (Å²) >= 11 is 0. The summed E-state index contributed by atoms with van der Waals surface area (Å²) in [6.45, 7) is 12.8. The Kier molecular flexibility index (Phi) is 46.1. The minimum Gasteiger partial charge on any atom is -0.0816 e. The molecule has 0 saturated carbocycles. The molecule has 0 amide bonds. The molecule has 0 spiro atoms. The monoisotopic (exact) mass is 208 g/mol. The van der Waals surface area contributed by atoms with Gasteiger partial charge in [-0.05, 0) is 24.6 Å². The van der Waals surface area contributed by atoms with Gasteiger partial charge in [0.25, 0.3) is 0 Å². The molecule has 0 saturated heterocycles. The Morgan fingerprint density at radius 2 is 0.750 bits per heavy atom. The predicted molar refractivity (Wildman–Crippen MR) is 67.4 cm³/mol. The first-order valence-corrected chi connectivity index (χ1v) is 7.62. The molecular formula is C10H26P2. The molecule has 0 unspecified atom stereocenters. The molecule has 0 N–H and O–H groups in total. The van der Waals surface area contributed by atoms with E-state index < -0.39 is 0 Å². The van der Waals surface area contributed by atoms with Gasteiger partial charge in [-0.3, -0.25) is 0 Å². The molecule has 12 heavy (non-hydrogen) atoms. The van der Waals surface area contributed by atoms with Gasteiger partial charge in [-0.25, -0.2) is 0 Å². The van der Waals surface area contributed by atoms with Crippen molar-refractivity contribution in [2.24, 2.45) is 0 Å². The van der Waals surface area contributed by atoms with E-state index in [2.05, 4.69) is 27.7 Å². The van der Waals surface area contributed by atoms with Crippen molar-refractivity contribution in [2.75, 3.05) is 24.6 Å². The number of hydrogen-bond donors (Lipinski definition) is 0. The van der Waals surface area contributed by atoms with Crippen LogP contribution in [0.25, 0.3) is 0 Å². The lowest BCUT2D eigenvalue weighted by atomic mass is 11.0. The first kappa shape index (κ1) is 18.6. The summed E-state index contributed by atoms with van der Waals surface area (Å²) in [4.78, 5) is 0. The smallest absolute Gasteiger partial charge is 0.0316 e. The topological polar surface area (TPSA) is 0 Å². The third kappa shape index (κ3) is 44.7. The fraction of sp³-hybridized carbons (Fsp3) is 1.00. The van der Waals surface area contributed by atoms with Crippen LogP contribution in [-0.4, -0.2) is 24.6 Å². The van der Waals surface area contributed by atoms with Crippen molar-refractivity contribution in [1.82, 2.24) is 0 Å². The highest BCUT2D eigenvalue weighted by atomic mass is 31.1. The standard InChI is InChI=1S/2C4H10P.C2H6/c2*1-3-5-4-2;1-2/h2*3-4H2,1-2H3;1-2H3. The van der Waals surface area contributed by atoms with E-state index in [9.17, 15) is 0 Å². The first-order valence-electron chi connectivity index (χ1n) is 5.09. The molecule has 2 heteroatoms. The maximum atomic E-state index is 2.20. The van der Waals surface area contributed by atoms with Gasteiger partial charge in [0.15, 0.2) is 0 Å². The Bertz CT molecular complexity index is 28.8. The average molecular weight is 208 g/mol. The fourth-order valence-corrected chi connectivity index (χ4v) is 1.34. The molecule has 0 bridgehead atoms. The second-order valence-corrected chi connectivity index (χ2v) is 5.14. The maximum absolute atomic E-state index is 2.20. The van der Waals surface area contributed by atoms with E-state index in [0.29, 0.717) is 0 Å². The van der Waals surface area contributed by atoms with Crippen molar-refractivity contribution in [3.05, 3.63) is 0 Å². The van der Waals surface area contributed by atoms with Crippen molar-refractivity contribution < 1.29 is 0 Å². The lowest BCUT2D eigenvalue weighted by molar-refractivity contribution is 1.44. The zero-order valence-electron chi connectivity index (χ0n) is 9.72. The molecule has 2 radical (unpaired) electrons. The first-order chi connectivity index (χ1) is 5.83. The summed E-state index contributed by atoms with van der Waals surface area (Å²) in [5, 5.41) is 0. The Morgan fingerprint density at radius 3 is 0.750 bits per heavy atom. The van der Waals surface area contributed by atoms with Gasteiger partial charge in [-0.2, -0.15) is 0 Å². The van der Waals surface area contributed by atoms with Crippen LogP contribution in [-0.2, 0) is 0 Å². The van der Waals surface area contributed by atoms with Crippen molar-refractivity contribution in [3.63, 3.8) is 0 Å². The summed E-state index contributed by atoms with van der Waals surface area (Å²) in [5.74, 6) is 0. The van der Waals surface area contributed by atoms with Crippen LogP contribution in [0.1, 0.15) is 41.5 Å². The van der Waals surface area contributed by atoms with Gasteiger partial charge in [-0.1, -0.05) is 58.7 Å². The Balaban J connectivity index is -0.000000112. The molecule has 0 aromatic rings. The van der Waals surface area contributed by atoms with Crippen LogP contribution in [0.4, 0.5) is 0 Å². The summed E-state index contributed by atoms with van der Waals surface area (Å²) < 4.78 is 0. The third-order valence-corrected chi connectivity index (χ3v) is 2.68. The summed E-state index contributed by atoms with van der Waals surface area (Å²) in [5.41, 5.74) is 0. The van der Waals surface area contributed by atoms with Gasteiger partial charge in [-0.15, -0.1) is 0 Å². The SMILES string of the molecule is CC.CC[P]CC.CC[P]CC. The molecule has 0 aliphatic heterocycles. The second-order valence-electron chi connectivity index (χ2n) is 1.71. The van der Waals surface area contributed by atoms with Crippen LogP contribution < -0.4 is 0 Å². The van der Waals surface area contributed by atoms with E-state index >= 15 is 0 Å². The fourth-order valence-electron chi connectivity index (χ4n) is 0.447. The second kappa shape index (κ2) is 29.7. The molecule has 76 valence electrons. The summed E-state index contributed by atoms with van der Waals surface area (Å²) in [7, 11) is 3.16. The summed E-state index contributed by atoms with van der Waals surface area (Å²) in [6.07, 6.45) is 5.26. The zero-order chi connectivity index (χ0) is 10.2. The minimum absolute atomic E-state index is 1.32. The van der Waals surface area contributed by atoms with Crippen molar-refractivity contribution >= 4 is 17.2 Å².